The molecule has 0 amide bonds. The number of rotatable bonds is 7. The lowest BCUT2D eigenvalue weighted by Crippen LogP contribution is -2.23. The zero-order valence-electron chi connectivity index (χ0n) is 10.5. The van der Waals surface area contributed by atoms with Crippen molar-refractivity contribution in [3.63, 3.8) is 0 Å². The molecular formula is C11H20O6S. The van der Waals surface area contributed by atoms with Crippen molar-refractivity contribution >= 4 is 16.1 Å². The van der Waals surface area contributed by atoms with Gasteiger partial charge in [0.2, 0.25) is 0 Å². The zero-order valence-corrected chi connectivity index (χ0v) is 11.3. The van der Waals surface area contributed by atoms with E-state index >= 15 is 0 Å². The first-order valence-electron chi connectivity index (χ1n) is 6.01. The predicted octanol–water partition coefficient (Wildman–Crippen LogP) is 0.870. The summed E-state index contributed by atoms with van der Waals surface area (Å²) < 4.78 is 31.5. The molecule has 1 saturated carbocycles. The molecule has 1 fully saturated rings. The van der Waals surface area contributed by atoms with Gasteiger partial charge in [-0.1, -0.05) is 0 Å². The number of hydrogen-bond acceptors (Lipinski definition) is 5. The van der Waals surface area contributed by atoms with Gasteiger partial charge in [-0.25, -0.2) is 4.79 Å². The third-order valence-electron chi connectivity index (χ3n) is 3.06. The first-order chi connectivity index (χ1) is 8.37. The molecule has 0 aromatic heterocycles. The molecule has 18 heavy (non-hydrogen) atoms. The van der Waals surface area contributed by atoms with E-state index in [2.05, 4.69) is 0 Å². The van der Waals surface area contributed by atoms with Crippen molar-refractivity contribution in [2.75, 3.05) is 26.1 Å². The van der Waals surface area contributed by atoms with Gasteiger partial charge in [-0.2, -0.15) is 8.42 Å². The summed E-state index contributed by atoms with van der Waals surface area (Å²) in [6.45, 7) is 0.463. The van der Waals surface area contributed by atoms with Crippen LogP contribution in [0.4, 0.5) is 0 Å². The lowest BCUT2D eigenvalue weighted by Gasteiger charge is -2.27. The van der Waals surface area contributed by atoms with Gasteiger partial charge in [-0.05, 0) is 37.5 Å². The molecule has 0 spiro atoms. The molecular weight excluding hydrogens is 260 g/mol. The number of aliphatic carboxylic acids is 1. The summed E-state index contributed by atoms with van der Waals surface area (Å²) in [5.74, 6) is -0.306. The van der Waals surface area contributed by atoms with Gasteiger partial charge in [0.05, 0.1) is 19.5 Å². The average molecular weight is 280 g/mol. The Hall–Kier alpha value is -0.660. The maximum Gasteiger partial charge on any atom is 0.329 e. The van der Waals surface area contributed by atoms with Crippen molar-refractivity contribution in [1.82, 2.24) is 0 Å². The maximum absolute atomic E-state index is 10.8. The van der Waals surface area contributed by atoms with Crippen LogP contribution < -0.4 is 0 Å². The molecule has 0 saturated heterocycles. The van der Waals surface area contributed by atoms with Crippen LogP contribution in [-0.2, 0) is 23.8 Å². The molecule has 1 aliphatic carbocycles. The van der Waals surface area contributed by atoms with Crippen molar-refractivity contribution in [2.45, 2.75) is 25.7 Å². The molecule has 0 aromatic rings. The molecule has 6 nitrogen and oxygen atoms in total. The summed E-state index contributed by atoms with van der Waals surface area (Å²) in [5, 5.41) is 8.43. The molecule has 0 aliphatic heterocycles. The molecule has 1 rings (SSSR count). The lowest BCUT2D eigenvalue weighted by molar-refractivity contribution is -0.142. The smallest absolute Gasteiger partial charge is 0.329 e. The van der Waals surface area contributed by atoms with Crippen LogP contribution in [0.25, 0.3) is 0 Å². The molecule has 7 heteroatoms. The van der Waals surface area contributed by atoms with E-state index in [-0.39, 0.29) is 19.1 Å². The number of hydrogen-bond donors (Lipinski definition) is 1. The van der Waals surface area contributed by atoms with Crippen LogP contribution in [0.5, 0.6) is 0 Å². The van der Waals surface area contributed by atoms with Gasteiger partial charge in [0, 0.05) is 0 Å². The number of ether oxygens (including phenoxy) is 1. The largest absolute Gasteiger partial charge is 0.480 e. The standard InChI is InChI=1S/C11H20O6S/c1-18(14,15)17-7-10-4-2-9(3-5-10)6-16-8-11(12)13/h9-10H,2-8H2,1H3,(H,12,13)/t9-,10-. The molecule has 106 valence electrons. The van der Waals surface area contributed by atoms with Crippen LogP contribution in [0.3, 0.4) is 0 Å². The van der Waals surface area contributed by atoms with Crippen LogP contribution in [0.2, 0.25) is 0 Å². The van der Waals surface area contributed by atoms with E-state index in [1.54, 1.807) is 0 Å². The minimum Gasteiger partial charge on any atom is -0.480 e. The van der Waals surface area contributed by atoms with E-state index in [0.29, 0.717) is 12.5 Å². The van der Waals surface area contributed by atoms with Crippen LogP contribution >= 0.6 is 0 Å². The maximum atomic E-state index is 10.8. The van der Waals surface area contributed by atoms with E-state index in [1.165, 1.54) is 0 Å². The zero-order chi connectivity index (χ0) is 13.6. The van der Waals surface area contributed by atoms with Crippen molar-refractivity contribution in [2.24, 2.45) is 11.8 Å². The van der Waals surface area contributed by atoms with E-state index in [9.17, 15) is 13.2 Å². The molecule has 0 radical (unpaired) electrons. The molecule has 0 atom stereocenters. The van der Waals surface area contributed by atoms with Gasteiger partial charge in [0.25, 0.3) is 10.1 Å². The number of carboxylic acids is 1. The Bertz CT molecular complexity index is 356. The summed E-state index contributed by atoms with van der Waals surface area (Å²) in [5.41, 5.74) is 0. The summed E-state index contributed by atoms with van der Waals surface area (Å²) in [4.78, 5) is 10.3. The highest BCUT2D eigenvalue weighted by atomic mass is 32.2. The van der Waals surface area contributed by atoms with Gasteiger partial charge in [-0.3, -0.25) is 4.18 Å². The van der Waals surface area contributed by atoms with E-state index in [4.69, 9.17) is 14.0 Å². The quantitative estimate of drug-likeness (QED) is 0.696. The Morgan fingerprint density at radius 1 is 1.17 bits per heavy atom. The second-order valence-corrected chi connectivity index (χ2v) is 6.43. The van der Waals surface area contributed by atoms with Crippen LogP contribution in [0.1, 0.15) is 25.7 Å². The summed E-state index contributed by atoms with van der Waals surface area (Å²) >= 11 is 0. The Morgan fingerprint density at radius 3 is 2.11 bits per heavy atom. The third kappa shape index (κ3) is 6.93. The molecule has 1 aliphatic rings. The molecule has 0 heterocycles. The molecule has 0 aromatic carbocycles. The van der Waals surface area contributed by atoms with Crippen LogP contribution in [0, 0.1) is 11.8 Å². The van der Waals surface area contributed by atoms with Crippen molar-refractivity contribution in [1.29, 1.82) is 0 Å². The second-order valence-electron chi connectivity index (χ2n) is 4.78. The first kappa shape index (κ1) is 15.4. The highest BCUT2D eigenvalue weighted by Gasteiger charge is 2.22. The van der Waals surface area contributed by atoms with Crippen molar-refractivity contribution in [3.05, 3.63) is 0 Å². The Balaban J connectivity index is 2.14. The Labute approximate surface area is 107 Å². The van der Waals surface area contributed by atoms with E-state index in [1.807, 2.05) is 0 Å². The average Bonchev–Trinajstić information content (AvgIpc) is 2.26. The SMILES string of the molecule is CS(=O)(=O)OC[C@H]1CC[C@H](COCC(=O)O)CC1. The van der Waals surface area contributed by atoms with E-state index < -0.39 is 16.1 Å². The third-order valence-corrected chi connectivity index (χ3v) is 3.63. The Morgan fingerprint density at radius 2 is 1.67 bits per heavy atom. The molecule has 0 bridgehead atoms. The summed E-state index contributed by atoms with van der Waals surface area (Å²) in [7, 11) is -3.35. The van der Waals surface area contributed by atoms with Crippen LogP contribution in [0.15, 0.2) is 0 Å². The minimum absolute atomic E-state index is 0.252. The van der Waals surface area contributed by atoms with Crippen molar-refractivity contribution < 1.29 is 27.2 Å². The fourth-order valence-corrected chi connectivity index (χ4v) is 2.54. The second kappa shape index (κ2) is 7.06. The van der Waals surface area contributed by atoms with Crippen LogP contribution in [-0.4, -0.2) is 45.6 Å². The predicted molar refractivity (Wildman–Crippen MR) is 64.7 cm³/mol. The normalized spacial score (nSPS) is 24.9. The first-order valence-corrected chi connectivity index (χ1v) is 7.82. The minimum atomic E-state index is -3.35. The molecule has 0 unspecified atom stereocenters. The number of carboxylic acid groups (broad SMARTS) is 1. The fraction of sp³-hybridized carbons (Fsp3) is 0.909. The molecule has 1 N–H and O–H groups in total. The number of carbonyl (C=O) groups is 1. The van der Waals surface area contributed by atoms with Crippen molar-refractivity contribution in [3.8, 4) is 0 Å². The van der Waals surface area contributed by atoms with Gasteiger partial charge in [-0.15, -0.1) is 0 Å². The fourth-order valence-electron chi connectivity index (χ4n) is 2.10. The monoisotopic (exact) mass is 280 g/mol. The summed E-state index contributed by atoms with van der Waals surface area (Å²) in [6.07, 6.45) is 4.71. The Kier molecular flexibility index (Phi) is 6.04. The lowest BCUT2D eigenvalue weighted by atomic mass is 9.83. The van der Waals surface area contributed by atoms with Gasteiger partial charge >= 0.3 is 5.97 Å². The van der Waals surface area contributed by atoms with Gasteiger partial charge in [0.1, 0.15) is 6.61 Å². The van der Waals surface area contributed by atoms with Gasteiger partial charge < -0.3 is 9.84 Å². The van der Waals surface area contributed by atoms with Gasteiger partial charge in [0.15, 0.2) is 0 Å². The highest BCUT2D eigenvalue weighted by Crippen LogP contribution is 2.29. The summed E-state index contributed by atoms with van der Waals surface area (Å²) in [6, 6.07) is 0. The van der Waals surface area contributed by atoms with E-state index in [0.717, 1.165) is 31.9 Å². The highest BCUT2D eigenvalue weighted by molar-refractivity contribution is 7.85. The topological polar surface area (TPSA) is 89.9 Å².